The summed E-state index contributed by atoms with van der Waals surface area (Å²) in [5, 5.41) is 5.79. The van der Waals surface area contributed by atoms with Crippen molar-refractivity contribution < 1.29 is 37.4 Å². The molecule has 10 rings (SSSR count). The highest BCUT2D eigenvalue weighted by Gasteiger charge is 2.50. The Bertz CT molecular complexity index is 2840. The second kappa shape index (κ2) is 20.1. The van der Waals surface area contributed by atoms with Gasteiger partial charge in [0.15, 0.2) is 17.2 Å². The second-order valence-corrected chi connectivity index (χ2v) is 20.1. The average molecular weight is 993 g/mol. The van der Waals surface area contributed by atoms with E-state index in [-0.39, 0.29) is 63.4 Å². The normalized spacial score (nSPS) is 23.2. The third kappa shape index (κ3) is 9.39. The van der Waals surface area contributed by atoms with Crippen LogP contribution < -0.4 is 35.6 Å². The Balaban J connectivity index is 0.707. The van der Waals surface area contributed by atoms with Gasteiger partial charge in [-0.1, -0.05) is 48.9 Å². The zero-order valence-corrected chi connectivity index (χ0v) is 40.8. The molecule has 1 saturated carbocycles. The van der Waals surface area contributed by atoms with Crippen LogP contribution in [0.5, 0.6) is 11.5 Å². The molecule has 18 heteroatoms. The minimum absolute atomic E-state index is 0.000862. The Morgan fingerprint density at radius 2 is 1.68 bits per heavy atom. The number of nitrogens with two attached hydrogens (primary N) is 1. The van der Waals surface area contributed by atoms with Gasteiger partial charge in [-0.15, -0.1) is 0 Å². The number of aromatic amines is 1. The number of nitrogens with zero attached hydrogens (tertiary/aromatic N) is 5. The van der Waals surface area contributed by atoms with Crippen molar-refractivity contribution in [2.75, 3.05) is 75.8 Å². The number of likely N-dealkylation sites (tertiary alicyclic amines) is 1. The summed E-state index contributed by atoms with van der Waals surface area (Å²) in [5.74, 6) is -1.70. The molecule has 5 heterocycles. The highest BCUT2D eigenvalue weighted by molar-refractivity contribution is 6.34. The van der Waals surface area contributed by atoms with Gasteiger partial charge in [-0.25, -0.2) is 18.6 Å². The van der Waals surface area contributed by atoms with Crippen LogP contribution in [-0.4, -0.2) is 116 Å². The molecule has 5 aliphatic rings. The van der Waals surface area contributed by atoms with E-state index in [0.29, 0.717) is 24.6 Å². The number of urea groups is 1. The Labute approximate surface area is 416 Å². The summed E-state index contributed by atoms with van der Waals surface area (Å²) < 4.78 is 44.1. The first-order chi connectivity index (χ1) is 34.3. The third-order valence-corrected chi connectivity index (χ3v) is 16.1. The predicted molar refractivity (Wildman–Crippen MR) is 267 cm³/mol. The van der Waals surface area contributed by atoms with Crippen molar-refractivity contribution in [2.24, 2.45) is 17.6 Å². The Hall–Kier alpha value is -6.30. The van der Waals surface area contributed by atoms with Gasteiger partial charge in [0.1, 0.15) is 11.6 Å². The maximum Gasteiger partial charge on any atom is 0.328 e. The minimum Gasteiger partial charge on any atom is -0.494 e. The van der Waals surface area contributed by atoms with Crippen LogP contribution in [-0.2, 0) is 15.2 Å². The molecule has 374 valence electrons. The topological polar surface area (TPSA) is 178 Å². The van der Waals surface area contributed by atoms with Crippen LogP contribution in [0.4, 0.5) is 25.2 Å². The van der Waals surface area contributed by atoms with Crippen molar-refractivity contribution in [1.29, 1.82) is 0 Å². The lowest BCUT2D eigenvalue weighted by atomic mass is 9.77. The van der Waals surface area contributed by atoms with E-state index in [9.17, 15) is 19.2 Å². The lowest BCUT2D eigenvalue weighted by molar-refractivity contribution is -0.138. The van der Waals surface area contributed by atoms with Gasteiger partial charge in [0.05, 0.1) is 28.7 Å². The number of piperidine rings is 1. The number of amides is 5. The number of H-pyrrole nitrogens is 1. The minimum atomic E-state index is -1.06. The monoisotopic (exact) mass is 991 g/mol. The van der Waals surface area contributed by atoms with E-state index in [1.165, 1.54) is 25.3 Å². The Morgan fingerprint density at radius 3 is 2.38 bits per heavy atom. The zero-order valence-electron chi connectivity index (χ0n) is 40.1. The van der Waals surface area contributed by atoms with E-state index in [4.69, 9.17) is 31.8 Å². The maximum atomic E-state index is 16.2. The van der Waals surface area contributed by atoms with Gasteiger partial charge < -0.3 is 35.3 Å². The Morgan fingerprint density at radius 1 is 0.930 bits per heavy atom. The number of imide groups is 1. The molecule has 5 N–H and O–H groups in total. The molecule has 71 heavy (non-hydrogen) atoms. The van der Waals surface area contributed by atoms with Crippen LogP contribution in [0.3, 0.4) is 0 Å². The Kier molecular flexibility index (Phi) is 13.7. The summed E-state index contributed by atoms with van der Waals surface area (Å²) in [5.41, 5.74) is 7.97. The van der Waals surface area contributed by atoms with Gasteiger partial charge in [0.2, 0.25) is 23.7 Å². The molecule has 5 aromatic rings. The summed E-state index contributed by atoms with van der Waals surface area (Å²) in [7, 11) is 1.30. The molecule has 4 fully saturated rings. The molecule has 2 atom stereocenters. The number of ether oxygens (including phenoxy) is 2. The number of methoxy groups -OCH3 is 1. The molecule has 4 aliphatic heterocycles. The number of carbonyl (C=O) groups is 4. The summed E-state index contributed by atoms with van der Waals surface area (Å²) >= 11 is 6.70. The molecule has 1 aliphatic carbocycles. The van der Waals surface area contributed by atoms with Crippen molar-refractivity contribution in [1.82, 2.24) is 30.4 Å². The van der Waals surface area contributed by atoms with Crippen LogP contribution in [0.15, 0.2) is 66.7 Å². The van der Waals surface area contributed by atoms with E-state index in [1.807, 2.05) is 55.5 Å². The van der Waals surface area contributed by atoms with E-state index >= 15 is 8.78 Å². The van der Waals surface area contributed by atoms with Crippen molar-refractivity contribution >= 4 is 58.0 Å². The summed E-state index contributed by atoms with van der Waals surface area (Å²) in [4.78, 5) is 67.4. The van der Waals surface area contributed by atoms with Gasteiger partial charge in [0, 0.05) is 105 Å². The van der Waals surface area contributed by atoms with Crippen LogP contribution in [0, 0.1) is 23.5 Å². The number of carbonyl (C=O) groups excluding carboxylic acids is 4. The zero-order chi connectivity index (χ0) is 49.6. The average Bonchev–Trinajstić information content (AvgIpc) is 3.94. The van der Waals surface area contributed by atoms with Gasteiger partial charge in [-0.3, -0.25) is 29.5 Å². The molecule has 0 radical (unpaired) electrons. The lowest BCUT2D eigenvalue weighted by Gasteiger charge is -2.39. The molecule has 0 unspecified atom stereocenters. The molecular formula is C53H60ClF2N9O6. The van der Waals surface area contributed by atoms with Crippen LogP contribution >= 0.6 is 11.6 Å². The quantitative estimate of drug-likeness (QED) is 0.0914. The maximum absolute atomic E-state index is 16.2. The molecule has 5 amide bonds. The lowest BCUT2D eigenvalue weighted by Crippen LogP contribution is -2.49. The molecule has 0 bridgehead atoms. The second-order valence-electron chi connectivity index (χ2n) is 19.7. The third-order valence-electron chi connectivity index (χ3n) is 15.8. The van der Waals surface area contributed by atoms with Gasteiger partial charge in [-0.05, 0) is 93.3 Å². The standard InChI is InChI=1S/C53H60ClF2N9O6/c1-31-44-42(29-38(55)47(54)46(44)45-37(49(57)67)13-15-41(70-2)48(45)56)71-53(31,34-6-4-3-5-7-34)30-58-35-10-8-33(9-11-35)50(68)63-21-17-32(18-22-63)16-20-62-24-26-64(27-25-62)51-59-39-14-12-36(28-40(39)60-51)65-23-19-43(66)61-52(65)69/h3-7,12-15,28-29,31-33,35,58H,8-11,16-27,30H2,1-2H3,(H2,57,67)(H,59,60)(H,61,66,69)/t31-,33?,35?,53-/m0/s1. The number of hydrogen-bond acceptors (Lipinski definition) is 10. The number of fused-ring (bicyclic) bond motifs is 2. The molecule has 3 saturated heterocycles. The number of aromatic nitrogens is 2. The van der Waals surface area contributed by atoms with E-state index < -0.39 is 35.1 Å². The number of piperazine rings is 1. The summed E-state index contributed by atoms with van der Waals surface area (Å²) in [6.45, 7) is 8.80. The number of hydrogen-bond donors (Lipinski definition) is 4. The smallest absolute Gasteiger partial charge is 0.328 e. The SMILES string of the molecule is COc1ccc(C(N)=O)c(-c2c(Cl)c(F)cc3c2[C@H](C)[C@@](CNC2CCC(C(=O)N4CCC(CCN5CCN(c6nc7ccc(N8CCC(=O)NC8=O)cc7[nH]6)CC5)CC4)CC2)(c2ccccc2)O3)c1F. The summed E-state index contributed by atoms with van der Waals surface area (Å²) in [6.07, 6.45) is 6.52. The van der Waals surface area contributed by atoms with Crippen molar-refractivity contribution in [3.63, 3.8) is 0 Å². The largest absolute Gasteiger partial charge is 0.494 e. The summed E-state index contributed by atoms with van der Waals surface area (Å²) in [6, 6.07) is 18.9. The number of primary amides is 1. The first-order valence-corrected chi connectivity index (χ1v) is 25.2. The number of halogens is 3. The number of anilines is 2. The molecule has 4 aromatic carbocycles. The first kappa shape index (κ1) is 48.3. The fourth-order valence-corrected chi connectivity index (χ4v) is 11.8. The van der Waals surface area contributed by atoms with Crippen molar-refractivity contribution in [3.8, 4) is 22.6 Å². The molecule has 0 spiro atoms. The predicted octanol–water partition coefficient (Wildman–Crippen LogP) is 7.71. The van der Waals surface area contributed by atoms with E-state index in [1.54, 1.807) is 4.90 Å². The number of imidazole rings is 1. The van der Waals surface area contributed by atoms with Crippen molar-refractivity contribution in [2.45, 2.75) is 75.9 Å². The number of nitrogens with one attached hydrogen (secondary N) is 3. The van der Waals surface area contributed by atoms with Crippen LogP contribution in [0.1, 0.15) is 85.7 Å². The van der Waals surface area contributed by atoms with Gasteiger partial charge >= 0.3 is 6.03 Å². The highest BCUT2D eigenvalue weighted by atomic mass is 35.5. The fraction of sp³-hybridized carbons (Fsp3) is 0.453. The van der Waals surface area contributed by atoms with Crippen LogP contribution in [0.25, 0.3) is 22.2 Å². The molecule has 1 aromatic heterocycles. The number of rotatable bonds is 13. The first-order valence-electron chi connectivity index (χ1n) is 24.9. The van der Waals surface area contributed by atoms with Gasteiger partial charge in [-0.2, -0.15) is 0 Å². The molecular weight excluding hydrogens is 932 g/mol. The van der Waals surface area contributed by atoms with E-state index in [2.05, 4.69) is 30.3 Å². The fourth-order valence-electron chi connectivity index (χ4n) is 11.6. The van der Waals surface area contributed by atoms with Crippen molar-refractivity contribution in [3.05, 3.63) is 100 Å². The van der Waals surface area contributed by atoms with Crippen LogP contribution in [0.2, 0.25) is 5.02 Å². The van der Waals surface area contributed by atoms with Gasteiger partial charge in [0.25, 0.3) is 0 Å². The van der Waals surface area contributed by atoms with E-state index in [0.717, 1.165) is 119 Å². The highest BCUT2D eigenvalue weighted by Crippen LogP contribution is 2.56. The molecule has 15 nitrogen and oxygen atoms in total. The number of benzene rings is 4.